The number of carbonyl (C=O) groups is 1. The van der Waals surface area contributed by atoms with Crippen molar-refractivity contribution in [2.45, 2.75) is 32.5 Å². The third-order valence-corrected chi connectivity index (χ3v) is 7.36. The number of benzene rings is 2. The average molecular weight is 515 g/mol. The molecule has 2 amide bonds. The van der Waals surface area contributed by atoms with E-state index in [-0.39, 0.29) is 12.6 Å². The quantitative estimate of drug-likeness (QED) is 0.408. The molecule has 0 spiro atoms. The van der Waals surface area contributed by atoms with E-state index in [0.29, 0.717) is 29.5 Å². The number of aryl methyl sites for hydroxylation is 1. The van der Waals surface area contributed by atoms with E-state index < -0.39 is 11.7 Å². The number of amides is 2. The first-order valence-corrected chi connectivity index (χ1v) is 12.7. The highest BCUT2D eigenvalue weighted by Gasteiger charge is 2.34. The summed E-state index contributed by atoms with van der Waals surface area (Å²) in [5.41, 5.74) is 3.53. The third-order valence-electron chi connectivity index (χ3n) is 6.34. The van der Waals surface area contributed by atoms with Crippen molar-refractivity contribution in [3.63, 3.8) is 0 Å². The van der Waals surface area contributed by atoms with Crippen LogP contribution in [0, 0.1) is 18.3 Å². The van der Waals surface area contributed by atoms with Crippen molar-refractivity contribution in [1.82, 2.24) is 19.9 Å². The van der Waals surface area contributed by atoms with Crippen molar-refractivity contribution in [3.05, 3.63) is 60.0 Å². The summed E-state index contributed by atoms with van der Waals surface area (Å²) in [5, 5.41) is 24.1. The van der Waals surface area contributed by atoms with Gasteiger partial charge in [0, 0.05) is 23.2 Å². The molecular weight excluding hydrogens is 488 g/mol. The zero-order valence-electron chi connectivity index (χ0n) is 20.7. The normalized spacial score (nSPS) is 16.0. The minimum atomic E-state index is -1.07. The van der Waals surface area contributed by atoms with Gasteiger partial charge in [0.15, 0.2) is 5.13 Å². The molecule has 188 valence electrons. The number of aliphatic hydroxyl groups is 1. The number of thiazole rings is 1. The number of anilines is 1. The van der Waals surface area contributed by atoms with Gasteiger partial charge in [-0.05, 0) is 50.6 Å². The second-order valence-corrected chi connectivity index (χ2v) is 10.5. The Morgan fingerprint density at radius 2 is 2.08 bits per heavy atom. The van der Waals surface area contributed by atoms with Crippen molar-refractivity contribution in [3.8, 4) is 27.8 Å². The summed E-state index contributed by atoms with van der Waals surface area (Å²) in [7, 11) is 0. The topological polar surface area (TPSA) is 124 Å². The number of morpholine rings is 1. The van der Waals surface area contributed by atoms with Gasteiger partial charge in [-0.1, -0.05) is 29.5 Å². The van der Waals surface area contributed by atoms with E-state index in [1.54, 1.807) is 37.2 Å². The molecule has 1 aliphatic rings. The molecule has 0 unspecified atom stereocenters. The largest absolute Gasteiger partial charge is 0.388 e. The number of carbonyl (C=O) groups excluding carboxylic acids is 1. The van der Waals surface area contributed by atoms with Crippen molar-refractivity contribution in [1.29, 1.82) is 5.26 Å². The lowest BCUT2D eigenvalue weighted by molar-refractivity contribution is -0.118. The van der Waals surface area contributed by atoms with Crippen molar-refractivity contribution in [2.75, 3.05) is 25.0 Å². The standard InChI is InChI=1S/C27H26N6O3S/c1-16-20-12-19(7-8-21(20)30-15-29-16)24-23(18-6-4-5-17(11-18)13-28)31-25(37-24)32-26(34)33-9-10-36-22(14-33)27(2,3)35/h4-8,11-12,15,22,35H,9-10,14H2,1-3H3,(H,31,32,34)/t22-/m1/s1. The van der Waals surface area contributed by atoms with E-state index in [0.717, 1.165) is 32.6 Å². The highest BCUT2D eigenvalue weighted by atomic mass is 32.1. The van der Waals surface area contributed by atoms with Crippen molar-refractivity contribution >= 4 is 33.4 Å². The molecule has 5 rings (SSSR count). The van der Waals surface area contributed by atoms with E-state index in [1.807, 2.05) is 37.3 Å². The van der Waals surface area contributed by atoms with Gasteiger partial charge < -0.3 is 14.7 Å². The summed E-state index contributed by atoms with van der Waals surface area (Å²) in [4.78, 5) is 29.1. The molecule has 0 bridgehead atoms. The molecule has 0 radical (unpaired) electrons. The number of nitriles is 1. The summed E-state index contributed by atoms with van der Waals surface area (Å²) in [6.07, 6.45) is 1.07. The van der Waals surface area contributed by atoms with Gasteiger partial charge in [0.25, 0.3) is 0 Å². The van der Waals surface area contributed by atoms with Crippen LogP contribution in [-0.4, -0.2) is 62.4 Å². The van der Waals surface area contributed by atoms with Crippen LogP contribution in [0.25, 0.3) is 32.6 Å². The van der Waals surface area contributed by atoms with Gasteiger partial charge in [0.1, 0.15) is 12.4 Å². The van der Waals surface area contributed by atoms with E-state index in [2.05, 4.69) is 21.4 Å². The van der Waals surface area contributed by atoms with Gasteiger partial charge >= 0.3 is 6.03 Å². The average Bonchev–Trinajstić information content (AvgIpc) is 3.32. The lowest BCUT2D eigenvalue weighted by Gasteiger charge is -2.38. The summed E-state index contributed by atoms with van der Waals surface area (Å²) >= 11 is 1.36. The van der Waals surface area contributed by atoms with Gasteiger partial charge in [-0.15, -0.1) is 0 Å². The summed E-state index contributed by atoms with van der Waals surface area (Å²) < 4.78 is 5.66. The molecule has 1 aliphatic heterocycles. The number of hydrogen-bond acceptors (Lipinski definition) is 8. The van der Waals surface area contributed by atoms with Gasteiger partial charge in [-0.25, -0.2) is 19.7 Å². The van der Waals surface area contributed by atoms with Crippen LogP contribution in [0.4, 0.5) is 9.93 Å². The first-order chi connectivity index (χ1) is 17.7. The Bertz CT molecular complexity index is 1520. The van der Waals surface area contributed by atoms with Gasteiger partial charge in [0.05, 0.1) is 46.5 Å². The Labute approximate surface area is 218 Å². The molecule has 0 saturated carbocycles. The SMILES string of the molecule is Cc1ncnc2ccc(-c3sc(NC(=O)N4CCO[C@@H](C(C)(C)O)C4)nc3-c3cccc(C#N)c3)cc12. The molecule has 3 heterocycles. The Morgan fingerprint density at radius 1 is 1.24 bits per heavy atom. The molecule has 1 saturated heterocycles. The molecular formula is C27H26N6O3S. The number of rotatable bonds is 4. The maximum Gasteiger partial charge on any atom is 0.323 e. The van der Waals surface area contributed by atoms with Crippen LogP contribution in [-0.2, 0) is 4.74 Å². The van der Waals surface area contributed by atoms with Crippen LogP contribution < -0.4 is 5.32 Å². The minimum Gasteiger partial charge on any atom is -0.388 e. The molecule has 37 heavy (non-hydrogen) atoms. The maximum absolute atomic E-state index is 13.1. The van der Waals surface area contributed by atoms with Gasteiger partial charge in [-0.2, -0.15) is 5.26 Å². The fraction of sp³-hybridized carbons (Fsp3) is 0.296. The van der Waals surface area contributed by atoms with Gasteiger partial charge in [-0.3, -0.25) is 5.32 Å². The second-order valence-electron chi connectivity index (χ2n) is 9.47. The van der Waals surface area contributed by atoms with Crippen LogP contribution in [0.2, 0.25) is 0 Å². The number of urea groups is 1. The number of nitrogens with zero attached hydrogens (tertiary/aromatic N) is 5. The summed E-state index contributed by atoms with van der Waals surface area (Å²) in [6, 6.07) is 15.1. The number of ether oxygens (including phenoxy) is 1. The smallest absolute Gasteiger partial charge is 0.323 e. The molecule has 2 N–H and O–H groups in total. The number of fused-ring (bicyclic) bond motifs is 1. The Kier molecular flexibility index (Phi) is 6.60. The zero-order chi connectivity index (χ0) is 26.2. The molecule has 9 nitrogen and oxygen atoms in total. The Hall–Kier alpha value is -3.91. The molecule has 1 atom stereocenters. The molecule has 4 aromatic rings. The second kappa shape index (κ2) is 9.86. The lowest BCUT2D eigenvalue weighted by atomic mass is 10.0. The third kappa shape index (κ3) is 5.15. The summed E-state index contributed by atoms with van der Waals surface area (Å²) in [5.74, 6) is 0. The van der Waals surface area contributed by atoms with Crippen molar-refractivity contribution < 1.29 is 14.6 Å². The highest BCUT2D eigenvalue weighted by Crippen LogP contribution is 2.40. The first kappa shape index (κ1) is 24.8. The first-order valence-electron chi connectivity index (χ1n) is 11.9. The maximum atomic E-state index is 13.1. The van der Waals surface area contributed by atoms with Crippen molar-refractivity contribution in [2.24, 2.45) is 0 Å². The van der Waals surface area contributed by atoms with Gasteiger partial charge in [0.2, 0.25) is 0 Å². The fourth-order valence-corrected chi connectivity index (χ4v) is 5.23. The zero-order valence-corrected chi connectivity index (χ0v) is 21.5. The minimum absolute atomic E-state index is 0.272. The van der Waals surface area contributed by atoms with Crippen LogP contribution in [0.15, 0.2) is 48.8 Å². The summed E-state index contributed by atoms with van der Waals surface area (Å²) in [6.45, 7) is 6.31. The van der Waals surface area contributed by atoms with E-state index in [9.17, 15) is 15.2 Å². The molecule has 10 heteroatoms. The molecule has 2 aromatic heterocycles. The Balaban J connectivity index is 1.52. The van der Waals surface area contributed by atoms with Crippen LogP contribution >= 0.6 is 11.3 Å². The van der Waals surface area contributed by atoms with E-state index in [1.165, 1.54) is 11.3 Å². The van der Waals surface area contributed by atoms with Crippen LogP contribution in [0.3, 0.4) is 0 Å². The number of aromatic nitrogens is 3. The highest BCUT2D eigenvalue weighted by molar-refractivity contribution is 7.19. The predicted octanol–water partition coefficient (Wildman–Crippen LogP) is 4.60. The molecule has 2 aromatic carbocycles. The monoisotopic (exact) mass is 514 g/mol. The number of hydrogen-bond donors (Lipinski definition) is 2. The fourth-order valence-electron chi connectivity index (χ4n) is 4.26. The molecule has 1 fully saturated rings. The number of nitrogens with one attached hydrogen (secondary N) is 1. The van der Waals surface area contributed by atoms with Crippen LogP contribution in [0.5, 0.6) is 0 Å². The van der Waals surface area contributed by atoms with Crippen LogP contribution in [0.1, 0.15) is 25.1 Å². The Morgan fingerprint density at radius 3 is 2.86 bits per heavy atom. The molecule has 0 aliphatic carbocycles. The van der Waals surface area contributed by atoms with E-state index in [4.69, 9.17) is 9.72 Å². The van der Waals surface area contributed by atoms with E-state index >= 15 is 0 Å². The predicted molar refractivity (Wildman–Crippen MR) is 142 cm³/mol. The lowest BCUT2D eigenvalue weighted by Crippen LogP contribution is -2.54.